The lowest BCUT2D eigenvalue weighted by Crippen LogP contribution is -2.44. The molecule has 2 aliphatic heterocycles. The second-order valence-corrected chi connectivity index (χ2v) is 8.11. The number of aryl methyl sites for hydroxylation is 1. The van der Waals surface area contributed by atoms with Gasteiger partial charge in [0, 0.05) is 11.6 Å². The van der Waals surface area contributed by atoms with Crippen LogP contribution in [0.25, 0.3) is 10.8 Å². The van der Waals surface area contributed by atoms with Crippen LogP contribution < -0.4 is 5.32 Å². The van der Waals surface area contributed by atoms with E-state index >= 15 is 0 Å². The number of amidine groups is 1. The van der Waals surface area contributed by atoms with Crippen LogP contribution in [0.2, 0.25) is 0 Å². The first-order valence-electron chi connectivity index (χ1n) is 8.41. The van der Waals surface area contributed by atoms with Gasteiger partial charge in [-0.25, -0.2) is 9.98 Å². The molecule has 4 N–H and O–H groups in total. The van der Waals surface area contributed by atoms with Crippen LogP contribution >= 0.6 is 24.0 Å². The summed E-state index contributed by atoms with van der Waals surface area (Å²) in [6.45, 7) is 3.02. The van der Waals surface area contributed by atoms with Crippen molar-refractivity contribution in [1.82, 2.24) is 9.55 Å². The van der Waals surface area contributed by atoms with Gasteiger partial charge < -0.3 is 29.9 Å². The number of aliphatic hydroxyl groups excluding tert-OH is 2. The maximum absolute atomic E-state index is 10.9. The molecule has 1 unspecified atom stereocenters. The first kappa shape index (κ1) is 18.8. The van der Waals surface area contributed by atoms with Gasteiger partial charge in [-0.15, -0.1) is 0 Å². The SMILES string of the molecule is CSC1=Nc2c3c(nc(=S)cc(C)c3cn2C2O[C@H](CO)[C@@H](O)[C@]2(C)O)N1. The fourth-order valence-corrected chi connectivity index (χ4v) is 4.25. The average molecular weight is 409 g/mol. The number of aromatic nitrogens is 2. The fraction of sp³-hybridized carbons (Fsp3) is 0.471. The Morgan fingerprint density at radius 3 is 2.85 bits per heavy atom. The van der Waals surface area contributed by atoms with E-state index in [0.717, 1.165) is 16.3 Å². The standard InChI is InChI=1S/C17H20N4O4S2/c1-7-4-10(26)18-13-11-8(7)5-21(14(11)20-16(19-13)27-3)15-17(2,24)12(23)9(6-22)25-15/h4-5,9,12,15,22-24H,6H2,1-3H3,(H,18,19,20,26)/t9-,12-,15?,17+/m1/s1. The van der Waals surface area contributed by atoms with E-state index in [0.29, 0.717) is 21.4 Å². The van der Waals surface area contributed by atoms with E-state index in [9.17, 15) is 15.3 Å². The van der Waals surface area contributed by atoms with Gasteiger partial charge in [0.15, 0.2) is 11.4 Å². The Balaban J connectivity index is 2.01. The van der Waals surface area contributed by atoms with Crippen LogP contribution in [-0.2, 0) is 4.74 Å². The van der Waals surface area contributed by atoms with Gasteiger partial charge in [0.1, 0.15) is 34.1 Å². The number of hydrogen-bond donors (Lipinski definition) is 4. The Kier molecular flexibility index (Phi) is 4.53. The Bertz CT molecular complexity index is 1020. The number of nitrogens with zero attached hydrogens (tertiary/aromatic N) is 3. The van der Waals surface area contributed by atoms with E-state index in [1.54, 1.807) is 10.6 Å². The lowest BCUT2D eigenvalue weighted by Gasteiger charge is -2.28. The van der Waals surface area contributed by atoms with Crippen molar-refractivity contribution < 1.29 is 20.1 Å². The topological polar surface area (TPSA) is 112 Å². The van der Waals surface area contributed by atoms with Gasteiger partial charge in [-0.05, 0) is 31.7 Å². The number of rotatable bonds is 2. The third-order valence-electron chi connectivity index (χ3n) is 5.04. The van der Waals surface area contributed by atoms with E-state index < -0.39 is 30.6 Å². The molecule has 27 heavy (non-hydrogen) atoms. The molecule has 0 spiro atoms. The molecule has 0 aromatic carbocycles. The van der Waals surface area contributed by atoms with Gasteiger partial charge in [-0.3, -0.25) is 0 Å². The van der Waals surface area contributed by atoms with Crippen LogP contribution in [0.15, 0.2) is 17.3 Å². The van der Waals surface area contributed by atoms with Gasteiger partial charge in [0.05, 0.1) is 12.0 Å². The zero-order valence-electron chi connectivity index (χ0n) is 15.0. The molecule has 10 heteroatoms. The number of nitrogens with one attached hydrogen (secondary N) is 1. The Morgan fingerprint density at radius 1 is 1.48 bits per heavy atom. The molecule has 2 aliphatic rings. The average Bonchev–Trinajstić information content (AvgIpc) is 3.06. The maximum atomic E-state index is 10.9. The van der Waals surface area contributed by atoms with Gasteiger partial charge >= 0.3 is 0 Å². The number of aliphatic imine (C=N–C) groups is 1. The summed E-state index contributed by atoms with van der Waals surface area (Å²) < 4.78 is 7.95. The molecule has 1 fully saturated rings. The molecule has 0 saturated carbocycles. The van der Waals surface area contributed by atoms with Crippen molar-refractivity contribution >= 4 is 51.6 Å². The highest BCUT2D eigenvalue weighted by atomic mass is 32.2. The second kappa shape index (κ2) is 6.50. The monoisotopic (exact) mass is 408 g/mol. The molecule has 0 radical (unpaired) electrons. The predicted molar refractivity (Wildman–Crippen MR) is 107 cm³/mol. The summed E-state index contributed by atoms with van der Waals surface area (Å²) in [5.41, 5.74) is -0.693. The zero-order chi connectivity index (χ0) is 19.5. The molecule has 8 nitrogen and oxygen atoms in total. The van der Waals surface area contributed by atoms with Crippen molar-refractivity contribution in [3.63, 3.8) is 0 Å². The van der Waals surface area contributed by atoms with Crippen LogP contribution in [0.1, 0.15) is 18.7 Å². The van der Waals surface area contributed by atoms with Gasteiger partial charge in [-0.1, -0.05) is 24.0 Å². The Labute approximate surface area is 164 Å². The van der Waals surface area contributed by atoms with Gasteiger partial charge in [0.25, 0.3) is 0 Å². The zero-order valence-corrected chi connectivity index (χ0v) is 16.6. The quantitative estimate of drug-likeness (QED) is 0.557. The third kappa shape index (κ3) is 2.79. The smallest absolute Gasteiger partial charge is 0.168 e. The number of anilines is 1. The number of thioether (sulfide) groups is 1. The minimum atomic E-state index is -1.61. The van der Waals surface area contributed by atoms with Crippen LogP contribution in [0.5, 0.6) is 0 Å². The summed E-state index contributed by atoms with van der Waals surface area (Å²) in [7, 11) is 0. The highest BCUT2D eigenvalue weighted by Crippen LogP contribution is 2.45. The second-order valence-electron chi connectivity index (χ2n) is 6.90. The molecule has 0 amide bonds. The molecule has 0 bridgehead atoms. The lowest BCUT2D eigenvalue weighted by molar-refractivity contribution is -0.0955. The first-order valence-corrected chi connectivity index (χ1v) is 10.0. The van der Waals surface area contributed by atoms with E-state index in [1.165, 1.54) is 18.7 Å². The van der Waals surface area contributed by atoms with E-state index in [2.05, 4.69) is 15.3 Å². The molecular formula is C17H20N4O4S2. The predicted octanol–water partition coefficient (Wildman–Crippen LogP) is 1.85. The summed E-state index contributed by atoms with van der Waals surface area (Å²) >= 11 is 6.73. The maximum Gasteiger partial charge on any atom is 0.168 e. The van der Waals surface area contributed by atoms with Crippen molar-refractivity contribution in [2.75, 3.05) is 18.2 Å². The van der Waals surface area contributed by atoms with Crippen LogP contribution in [-0.4, -0.2) is 60.7 Å². The minimum absolute atomic E-state index is 0.398. The van der Waals surface area contributed by atoms with Crippen molar-refractivity contribution in [3.8, 4) is 0 Å². The van der Waals surface area contributed by atoms with Crippen molar-refractivity contribution in [1.29, 1.82) is 0 Å². The third-order valence-corrected chi connectivity index (χ3v) is 5.83. The lowest BCUT2D eigenvalue weighted by atomic mass is 9.96. The molecule has 4 rings (SSSR count). The summed E-state index contributed by atoms with van der Waals surface area (Å²) in [6.07, 6.45) is 0.669. The molecule has 1 saturated heterocycles. The summed E-state index contributed by atoms with van der Waals surface area (Å²) in [4.78, 5) is 9.13. The van der Waals surface area contributed by atoms with Crippen molar-refractivity contribution in [2.45, 2.75) is 37.9 Å². The Hall–Kier alpha value is -1.56. The molecule has 4 atom stereocenters. The highest BCUT2D eigenvalue weighted by molar-refractivity contribution is 8.13. The normalized spacial score (nSPS) is 29.7. The summed E-state index contributed by atoms with van der Waals surface area (Å²) in [5, 5.41) is 36.2. The van der Waals surface area contributed by atoms with Crippen LogP contribution in [0.4, 0.5) is 11.6 Å². The van der Waals surface area contributed by atoms with Crippen LogP contribution in [0.3, 0.4) is 0 Å². The summed E-state index contributed by atoms with van der Waals surface area (Å²) in [6, 6.07) is 1.81. The first-order chi connectivity index (χ1) is 12.8. The minimum Gasteiger partial charge on any atom is -0.394 e. The molecule has 144 valence electrons. The van der Waals surface area contributed by atoms with E-state index in [1.807, 2.05) is 19.4 Å². The van der Waals surface area contributed by atoms with E-state index in [-0.39, 0.29) is 0 Å². The molecule has 2 aromatic rings. The van der Waals surface area contributed by atoms with E-state index in [4.69, 9.17) is 17.0 Å². The molecular weight excluding hydrogens is 388 g/mol. The molecule has 4 heterocycles. The largest absolute Gasteiger partial charge is 0.394 e. The fourth-order valence-electron chi connectivity index (χ4n) is 3.60. The number of aliphatic hydroxyl groups is 3. The van der Waals surface area contributed by atoms with Gasteiger partial charge in [0.2, 0.25) is 0 Å². The highest BCUT2D eigenvalue weighted by Gasteiger charge is 2.53. The van der Waals surface area contributed by atoms with Crippen LogP contribution in [0, 0.1) is 11.6 Å². The van der Waals surface area contributed by atoms with Crippen molar-refractivity contribution in [3.05, 3.63) is 22.5 Å². The van der Waals surface area contributed by atoms with Crippen molar-refractivity contribution in [2.24, 2.45) is 4.99 Å². The number of hydrogen-bond acceptors (Lipinski definition) is 9. The Morgan fingerprint density at radius 2 is 2.22 bits per heavy atom. The molecule has 0 aliphatic carbocycles. The molecule has 2 aromatic heterocycles. The summed E-state index contributed by atoms with van der Waals surface area (Å²) in [5.74, 6) is 1.15. The van der Waals surface area contributed by atoms with Gasteiger partial charge in [-0.2, -0.15) is 0 Å². The number of ether oxygens (including phenoxy) is 1.